The standard InChI is InChI=1S/C14H21ClN2O2S2/c1-10-11(8-16-2)6-12(15)7-14(10)21(18,19)17(3)13-4-5-20-9-13/h6-7,13,16H,4-5,8-9H2,1-3H3. The number of sulfonamides is 1. The fourth-order valence-corrected chi connectivity index (χ4v) is 5.85. The highest BCUT2D eigenvalue weighted by Gasteiger charge is 2.32. The molecule has 7 heteroatoms. The highest BCUT2D eigenvalue weighted by molar-refractivity contribution is 7.99. The Morgan fingerprint density at radius 2 is 2.19 bits per heavy atom. The van der Waals surface area contributed by atoms with E-state index in [0.717, 1.165) is 29.1 Å². The smallest absolute Gasteiger partial charge is 0.243 e. The second-order valence-electron chi connectivity index (χ2n) is 5.26. The number of nitrogens with zero attached hydrogens (tertiary/aromatic N) is 1. The molecule has 4 nitrogen and oxygen atoms in total. The van der Waals surface area contributed by atoms with Crippen LogP contribution in [0, 0.1) is 6.92 Å². The Balaban J connectivity index is 2.43. The molecule has 1 N–H and O–H groups in total. The third-order valence-electron chi connectivity index (χ3n) is 3.88. The van der Waals surface area contributed by atoms with Crippen molar-refractivity contribution in [1.82, 2.24) is 9.62 Å². The predicted molar refractivity (Wildman–Crippen MR) is 89.6 cm³/mol. The fourth-order valence-electron chi connectivity index (χ4n) is 2.51. The van der Waals surface area contributed by atoms with Crippen LogP contribution >= 0.6 is 23.4 Å². The lowest BCUT2D eigenvalue weighted by atomic mass is 10.1. The maximum atomic E-state index is 12.9. The molecular formula is C14H21ClN2O2S2. The Bertz CT molecular complexity index is 614. The number of thioether (sulfide) groups is 1. The van der Waals surface area contributed by atoms with Crippen molar-refractivity contribution in [1.29, 1.82) is 0 Å². The SMILES string of the molecule is CNCc1cc(Cl)cc(S(=O)(=O)N(C)C2CCSC2)c1C. The van der Waals surface area contributed by atoms with E-state index in [9.17, 15) is 8.42 Å². The molecule has 0 aliphatic carbocycles. The first-order valence-corrected chi connectivity index (χ1v) is 9.84. The zero-order valence-electron chi connectivity index (χ0n) is 12.5. The third-order valence-corrected chi connectivity index (χ3v) is 7.28. The van der Waals surface area contributed by atoms with Crippen LogP contribution < -0.4 is 5.32 Å². The minimum atomic E-state index is -3.51. The van der Waals surface area contributed by atoms with Crippen molar-refractivity contribution in [2.75, 3.05) is 25.6 Å². The maximum absolute atomic E-state index is 12.9. The molecule has 1 unspecified atom stereocenters. The normalized spacial score (nSPS) is 19.4. The van der Waals surface area contributed by atoms with Crippen LogP contribution in [0.15, 0.2) is 17.0 Å². The summed E-state index contributed by atoms with van der Waals surface area (Å²) in [7, 11) is -0.00825. The number of halogens is 1. The van der Waals surface area contributed by atoms with E-state index in [1.165, 1.54) is 4.31 Å². The molecule has 0 amide bonds. The van der Waals surface area contributed by atoms with Gasteiger partial charge in [-0.15, -0.1) is 0 Å². The molecule has 0 radical (unpaired) electrons. The molecule has 1 aromatic carbocycles. The Kier molecular flexibility index (Phi) is 5.59. The van der Waals surface area contributed by atoms with E-state index in [4.69, 9.17) is 11.6 Å². The fraction of sp³-hybridized carbons (Fsp3) is 0.571. The van der Waals surface area contributed by atoms with Crippen LogP contribution in [-0.4, -0.2) is 44.4 Å². The largest absolute Gasteiger partial charge is 0.316 e. The van der Waals surface area contributed by atoms with Gasteiger partial charge in [0.1, 0.15) is 0 Å². The maximum Gasteiger partial charge on any atom is 0.243 e. The van der Waals surface area contributed by atoms with Crippen LogP contribution in [-0.2, 0) is 16.6 Å². The molecule has 1 aliphatic rings. The quantitative estimate of drug-likeness (QED) is 0.888. The molecular weight excluding hydrogens is 328 g/mol. The lowest BCUT2D eigenvalue weighted by molar-refractivity contribution is 0.394. The summed E-state index contributed by atoms with van der Waals surface area (Å²) >= 11 is 7.91. The van der Waals surface area contributed by atoms with Gasteiger partial charge < -0.3 is 5.32 Å². The molecule has 118 valence electrons. The summed E-state index contributed by atoms with van der Waals surface area (Å²) in [6, 6.07) is 3.45. The molecule has 1 fully saturated rings. The summed E-state index contributed by atoms with van der Waals surface area (Å²) in [6.07, 6.45) is 0.906. The van der Waals surface area contributed by atoms with Gasteiger partial charge in [-0.1, -0.05) is 11.6 Å². The molecule has 0 aromatic heterocycles. The summed E-state index contributed by atoms with van der Waals surface area (Å²) in [6.45, 7) is 2.44. The number of nitrogens with one attached hydrogen (secondary N) is 1. The average Bonchev–Trinajstić information content (AvgIpc) is 2.95. The molecule has 0 saturated carbocycles. The van der Waals surface area contributed by atoms with Gasteiger partial charge >= 0.3 is 0 Å². The van der Waals surface area contributed by atoms with Gasteiger partial charge in [0.15, 0.2) is 0 Å². The molecule has 21 heavy (non-hydrogen) atoms. The number of benzene rings is 1. The highest BCUT2D eigenvalue weighted by atomic mass is 35.5. The van der Waals surface area contributed by atoms with Crippen LogP contribution in [0.25, 0.3) is 0 Å². The zero-order chi connectivity index (χ0) is 15.6. The summed E-state index contributed by atoms with van der Waals surface area (Å²) < 4.78 is 27.3. The second-order valence-corrected chi connectivity index (χ2v) is 8.81. The minimum Gasteiger partial charge on any atom is -0.316 e. The van der Waals surface area contributed by atoms with E-state index in [1.807, 2.05) is 20.0 Å². The van der Waals surface area contributed by atoms with Crippen molar-refractivity contribution in [2.45, 2.75) is 30.8 Å². The molecule has 0 bridgehead atoms. The summed E-state index contributed by atoms with van der Waals surface area (Å²) in [5.41, 5.74) is 1.68. The van der Waals surface area contributed by atoms with E-state index < -0.39 is 10.0 Å². The van der Waals surface area contributed by atoms with E-state index >= 15 is 0 Å². The Morgan fingerprint density at radius 3 is 2.76 bits per heavy atom. The molecule has 1 heterocycles. The first-order chi connectivity index (χ1) is 9.87. The lowest BCUT2D eigenvalue weighted by Gasteiger charge is -2.25. The van der Waals surface area contributed by atoms with E-state index in [2.05, 4.69) is 5.32 Å². The first kappa shape index (κ1) is 17.1. The Labute approximate surface area is 136 Å². The van der Waals surface area contributed by atoms with Crippen molar-refractivity contribution in [3.63, 3.8) is 0 Å². The van der Waals surface area contributed by atoms with Gasteiger partial charge in [-0.3, -0.25) is 0 Å². The van der Waals surface area contributed by atoms with Crippen LogP contribution in [0.2, 0.25) is 5.02 Å². The second kappa shape index (κ2) is 6.87. The minimum absolute atomic E-state index is 0.0751. The van der Waals surface area contributed by atoms with Gasteiger partial charge in [-0.25, -0.2) is 8.42 Å². The van der Waals surface area contributed by atoms with E-state index in [1.54, 1.807) is 24.9 Å². The van der Waals surface area contributed by atoms with Gasteiger partial charge in [0.05, 0.1) is 4.90 Å². The van der Waals surface area contributed by atoms with Gasteiger partial charge in [0.2, 0.25) is 10.0 Å². The summed E-state index contributed by atoms with van der Waals surface area (Å²) in [5.74, 6) is 1.88. The third kappa shape index (κ3) is 3.56. The van der Waals surface area contributed by atoms with Gasteiger partial charge in [0, 0.05) is 30.4 Å². The van der Waals surface area contributed by atoms with Crippen LogP contribution in [0.4, 0.5) is 0 Å². The molecule has 1 aliphatic heterocycles. The molecule has 2 rings (SSSR count). The summed E-state index contributed by atoms with van der Waals surface area (Å²) in [5, 5.41) is 3.50. The number of hydrogen-bond acceptors (Lipinski definition) is 4. The number of rotatable bonds is 5. The van der Waals surface area contributed by atoms with Gasteiger partial charge in [-0.2, -0.15) is 16.1 Å². The average molecular weight is 349 g/mol. The number of hydrogen-bond donors (Lipinski definition) is 1. The first-order valence-electron chi connectivity index (χ1n) is 6.87. The van der Waals surface area contributed by atoms with Crippen LogP contribution in [0.5, 0.6) is 0 Å². The predicted octanol–water partition coefficient (Wildman–Crippen LogP) is 2.49. The molecule has 1 saturated heterocycles. The van der Waals surface area contributed by atoms with Crippen LogP contribution in [0.1, 0.15) is 17.5 Å². The Morgan fingerprint density at radius 1 is 1.48 bits per heavy atom. The van der Waals surface area contributed by atoms with Crippen molar-refractivity contribution >= 4 is 33.4 Å². The monoisotopic (exact) mass is 348 g/mol. The zero-order valence-corrected chi connectivity index (χ0v) is 14.9. The molecule has 1 atom stereocenters. The highest BCUT2D eigenvalue weighted by Crippen LogP contribution is 2.30. The molecule has 0 spiro atoms. The summed E-state index contributed by atoms with van der Waals surface area (Å²) in [4.78, 5) is 0.319. The van der Waals surface area contributed by atoms with Gasteiger partial charge in [-0.05, 0) is 49.4 Å². The van der Waals surface area contributed by atoms with Crippen molar-refractivity contribution in [3.8, 4) is 0 Å². The molecule has 1 aromatic rings. The van der Waals surface area contributed by atoms with E-state index in [-0.39, 0.29) is 6.04 Å². The van der Waals surface area contributed by atoms with Crippen molar-refractivity contribution in [3.05, 3.63) is 28.3 Å². The lowest BCUT2D eigenvalue weighted by Crippen LogP contribution is -2.37. The van der Waals surface area contributed by atoms with Crippen LogP contribution in [0.3, 0.4) is 0 Å². The van der Waals surface area contributed by atoms with Crippen molar-refractivity contribution < 1.29 is 8.42 Å². The van der Waals surface area contributed by atoms with Gasteiger partial charge in [0.25, 0.3) is 0 Å². The topological polar surface area (TPSA) is 49.4 Å². The van der Waals surface area contributed by atoms with Crippen molar-refractivity contribution in [2.24, 2.45) is 0 Å². The van der Waals surface area contributed by atoms with E-state index in [0.29, 0.717) is 16.5 Å². The Hall–Kier alpha value is -0.270.